The van der Waals surface area contributed by atoms with Gasteiger partial charge in [-0.3, -0.25) is 0 Å². The Morgan fingerprint density at radius 3 is 1.56 bits per heavy atom. The van der Waals surface area contributed by atoms with Crippen molar-refractivity contribution in [2.45, 2.75) is 155 Å². The molecule has 0 saturated carbocycles. The van der Waals surface area contributed by atoms with E-state index in [0.717, 1.165) is 82.0 Å². The first-order valence-corrected chi connectivity index (χ1v) is 27.8. The minimum absolute atomic E-state index is 0.0286. The third-order valence-corrected chi connectivity index (χ3v) is 18.8. The summed E-state index contributed by atoms with van der Waals surface area (Å²) in [6.45, 7) is 28.3. The lowest BCUT2D eigenvalue weighted by Crippen LogP contribution is -2.62. The van der Waals surface area contributed by atoms with Gasteiger partial charge in [0.2, 0.25) is 0 Å². The monoisotopic (exact) mass is 984 g/mol. The van der Waals surface area contributed by atoms with Gasteiger partial charge < -0.3 is 9.80 Å². The molecule has 2 nitrogen and oxygen atoms in total. The van der Waals surface area contributed by atoms with E-state index in [0.29, 0.717) is 5.56 Å². The van der Waals surface area contributed by atoms with Crippen LogP contribution in [0.3, 0.4) is 0 Å². The van der Waals surface area contributed by atoms with Gasteiger partial charge in [-0.15, -0.1) is 0 Å². The Bertz CT molecular complexity index is 3690. The van der Waals surface area contributed by atoms with Gasteiger partial charge in [0.25, 0.3) is 6.71 Å². The van der Waals surface area contributed by atoms with Gasteiger partial charge in [0, 0.05) is 43.5 Å². The molecule has 3 heteroatoms. The van der Waals surface area contributed by atoms with Crippen LogP contribution in [0.4, 0.5) is 34.1 Å². The van der Waals surface area contributed by atoms with Gasteiger partial charge in [-0.2, -0.15) is 0 Å². The van der Waals surface area contributed by atoms with Crippen LogP contribution in [0.2, 0.25) is 0 Å². The normalized spacial score (nSPS) is 18.4. The number of nitrogens with zero attached hydrogens (tertiary/aromatic N) is 2. The molecule has 0 amide bonds. The minimum Gasteiger partial charge on any atom is -0.311 e. The van der Waals surface area contributed by atoms with E-state index in [4.69, 9.17) is 0 Å². The molecule has 8 aromatic rings. The molecule has 75 heavy (non-hydrogen) atoms. The summed E-state index contributed by atoms with van der Waals surface area (Å²) < 4.78 is 28.0. The van der Waals surface area contributed by atoms with E-state index in [1.54, 1.807) is 0 Å². The number of hydrogen-bond donors (Lipinski definition) is 0. The maximum Gasteiger partial charge on any atom is 0.252 e. The molecule has 2 aliphatic carbocycles. The van der Waals surface area contributed by atoms with Gasteiger partial charge in [0.1, 0.15) is 0 Å². The Hall–Kier alpha value is -6.58. The zero-order valence-electron chi connectivity index (χ0n) is 49.9. The van der Waals surface area contributed by atoms with Crippen molar-refractivity contribution >= 4 is 57.2 Å². The van der Waals surface area contributed by atoms with E-state index in [1.165, 1.54) is 55.4 Å². The number of aryl methyl sites for hydroxylation is 1. The maximum absolute atomic E-state index is 9.34. The lowest BCUT2D eigenvalue weighted by Gasteiger charge is -2.48. The highest BCUT2D eigenvalue weighted by molar-refractivity contribution is 7.00. The van der Waals surface area contributed by atoms with Gasteiger partial charge >= 0.3 is 0 Å². The molecule has 2 heterocycles. The molecule has 378 valence electrons. The maximum atomic E-state index is 9.34. The van der Waals surface area contributed by atoms with Gasteiger partial charge in [0.15, 0.2) is 0 Å². The molecule has 0 N–H and O–H groups in total. The fourth-order valence-electron chi connectivity index (χ4n) is 13.6. The molecule has 0 aromatic heterocycles. The molecule has 4 aliphatic rings. The molecule has 12 rings (SSSR count). The van der Waals surface area contributed by atoms with Crippen LogP contribution in [0, 0.1) is 6.85 Å². The van der Waals surface area contributed by atoms with Gasteiger partial charge in [-0.05, 0) is 186 Å². The molecule has 0 spiro atoms. The molecule has 0 fully saturated rings. The van der Waals surface area contributed by atoms with Crippen LogP contribution >= 0.6 is 0 Å². The number of rotatable bonds is 6. The number of fused-ring (bicyclic) bond motifs is 6. The largest absolute Gasteiger partial charge is 0.311 e. The molecule has 2 aliphatic heterocycles. The molecule has 0 radical (unpaired) electrons. The van der Waals surface area contributed by atoms with Crippen LogP contribution in [-0.4, -0.2) is 6.71 Å². The first-order valence-electron chi connectivity index (χ1n) is 29.3. The SMILES string of the molecule is [2H]C([2H])([2H])c1cc2c3c(c1)N(c1ccc(C(C)(C)C)cc1-c1ccc(-c4ccccc4)cc1)c1ccc(C(C)(C)c4ccccc4)cc1B3c1cc3c(cc1N2c1ccc2c(c1)C(C)(C)CCC2(C)C)C(C)(C)CCC3(C)C. The zero-order chi connectivity index (χ0) is 55.3. The average Bonchev–Trinajstić information content (AvgIpc) is 3.59. The van der Waals surface area contributed by atoms with Crippen molar-refractivity contribution in [3.63, 3.8) is 0 Å². The van der Waals surface area contributed by atoms with Crippen molar-refractivity contribution in [3.05, 3.63) is 208 Å². The molecule has 0 saturated heterocycles. The highest BCUT2D eigenvalue weighted by atomic mass is 15.2. The van der Waals surface area contributed by atoms with E-state index >= 15 is 0 Å². The highest BCUT2D eigenvalue weighted by Crippen LogP contribution is 2.54. The summed E-state index contributed by atoms with van der Waals surface area (Å²) in [5, 5.41) is 0. The van der Waals surface area contributed by atoms with Crippen LogP contribution in [0.15, 0.2) is 164 Å². The van der Waals surface area contributed by atoms with E-state index < -0.39 is 6.85 Å². The summed E-state index contributed by atoms with van der Waals surface area (Å²) in [7, 11) is 0. The first kappa shape index (κ1) is 45.8. The van der Waals surface area contributed by atoms with E-state index in [2.05, 4.69) is 251 Å². The summed E-state index contributed by atoms with van der Waals surface area (Å²) >= 11 is 0. The number of hydrogen-bond acceptors (Lipinski definition) is 2. The Morgan fingerprint density at radius 1 is 0.413 bits per heavy atom. The van der Waals surface area contributed by atoms with Gasteiger partial charge in [-0.25, -0.2) is 0 Å². The van der Waals surface area contributed by atoms with E-state index in [-0.39, 0.29) is 39.2 Å². The first-order chi connectivity index (χ1) is 36.7. The van der Waals surface area contributed by atoms with Crippen molar-refractivity contribution in [2.75, 3.05) is 9.80 Å². The summed E-state index contributed by atoms with van der Waals surface area (Å²) in [6.07, 6.45) is 4.40. The summed E-state index contributed by atoms with van der Waals surface area (Å²) in [6, 6.07) is 61.1. The van der Waals surface area contributed by atoms with Crippen LogP contribution in [-0.2, 0) is 32.5 Å². The summed E-state index contributed by atoms with van der Waals surface area (Å²) in [5.74, 6) is 0. The van der Waals surface area contributed by atoms with Crippen LogP contribution in [0.1, 0.15) is 164 Å². The standard InChI is InChI=1S/C72H77BN2/c1-46-39-64-66-65(40-46)75(61-33-29-51(67(2,3)4)41-54(61)49-27-25-48(26-28-49)47-21-17-15-18-22-47)62-34-30-52(72(13,14)50-23-19-16-20-24-50)42-59(62)73(66)60-44-57-58(71(11,12)38-37-70(57,9)10)45-63(60)74(64)53-31-32-55-56(43-53)69(7,8)36-35-68(55,5)6/h15-34,39-45H,35-38H2,1-14H3/i1D3. The lowest BCUT2D eigenvalue weighted by molar-refractivity contribution is 0.332. The fourth-order valence-corrected chi connectivity index (χ4v) is 13.6. The third kappa shape index (κ3) is 7.96. The van der Waals surface area contributed by atoms with Crippen LogP contribution in [0.5, 0.6) is 0 Å². The van der Waals surface area contributed by atoms with Crippen molar-refractivity contribution in [1.29, 1.82) is 0 Å². The van der Waals surface area contributed by atoms with Gasteiger partial charge in [-0.1, -0.05) is 205 Å². The predicted octanol–water partition coefficient (Wildman–Crippen LogP) is 17.7. The minimum atomic E-state index is -2.40. The Balaban J connectivity index is 1.21. The Kier molecular flexibility index (Phi) is 10.4. The quantitative estimate of drug-likeness (QED) is 0.153. The zero-order valence-corrected chi connectivity index (χ0v) is 46.9. The lowest BCUT2D eigenvalue weighted by atomic mass is 9.33. The Morgan fingerprint density at radius 2 is 0.933 bits per heavy atom. The molecule has 8 aromatic carbocycles. The van der Waals surface area contributed by atoms with Gasteiger partial charge in [0.05, 0.1) is 5.69 Å². The Labute approximate surface area is 454 Å². The smallest absolute Gasteiger partial charge is 0.252 e. The van der Waals surface area contributed by atoms with Crippen molar-refractivity contribution in [1.82, 2.24) is 0 Å². The second-order valence-electron chi connectivity index (χ2n) is 26.9. The van der Waals surface area contributed by atoms with Crippen LogP contribution in [0.25, 0.3) is 22.3 Å². The molecule has 0 bridgehead atoms. The molecular formula is C72H77BN2. The van der Waals surface area contributed by atoms with E-state index in [9.17, 15) is 4.11 Å². The topological polar surface area (TPSA) is 6.48 Å². The number of benzene rings is 8. The highest BCUT2D eigenvalue weighted by Gasteiger charge is 2.48. The second-order valence-corrected chi connectivity index (χ2v) is 26.9. The van der Waals surface area contributed by atoms with Crippen molar-refractivity contribution in [3.8, 4) is 22.3 Å². The molecule has 0 unspecified atom stereocenters. The second kappa shape index (κ2) is 17.0. The predicted molar refractivity (Wildman–Crippen MR) is 324 cm³/mol. The number of anilines is 6. The van der Waals surface area contributed by atoms with Crippen LogP contribution < -0.4 is 26.2 Å². The summed E-state index contributed by atoms with van der Waals surface area (Å²) in [5.41, 5.74) is 23.3. The fraction of sp³-hybridized carbons (Fsp3) is 0.333. The van der Waals surface area contributed by atoms with E-state index in [1.807, 2.05) is 12.1 Å². The van der Waals surface area contributed by atoms with Crippen molar-refractivity contribution in [2.24, 2.45) is 0 Å². The third-order valence-electron chi connectivity index (χ3n) is 18.8. The average molecular weight is 984 g/mol. The summed E-state index contributed by atoms with van der Waals surface area (Å²) in [4.78, 5) is 4.93. The molecular weight excluding hydrogens is 904 g/mol. The molecule has 0 atom stereocenters. The van der Waals surface area contributed by atoms with Crippen molar-refractivity contribution < 1.29 is 4.11 Å².